The predicted octanol–water partition coefficient (Wildman–Crippen LogP) is 2.67. The van der Waals surface area contributed by atoms with Crippen molar-refractivity contribution < 1.29 is 24.2 Å². The van der Waals surface area contributed by atoms with Crippen LogP contribution in [0.25, 0.3) is 0 Å². The Morgan fingerprint density at radius 3 is 1.92 bits per heavy atom. The standard InChI is InChI=1S/C19H29NO5/c1-18(2,3)16(22)24-13-9-8-12(11-15(21)20-7)10-14(13)25-17(23)19(4,5)6/h8-10,15,20-21H,11H2,1-7H3/t15-/m0/s1. The number of hydrogen-bond donors (Lipinski definition) is 2. The lowest BCUT2D eigenvalue weighted by Crippen LogP contribution is -2.28. The van der Waals surface area contributed by atoms with Gasteiger partial charge in [0.2, 0.25) is 0 Å². The predicted molar refractivity (Wildman–Crippen MR) is 95.4 cm³/mol. The van der Waals surface area contributed by atoms with Gasteiger partial charge in [0.05, 0.1) is 10.8 Å². The fraction of sp³-hybridized carbons (Fsp3) is 0.579. The van der Waals surface area contributed by atoms with Crippen LogP contribution in [0.2, 0.25) is 0 Å². The molecule has 140 valence electrons. The lowest BCUT2D eigenvalue weighted by atomic mass is 9.97. The van der Waals surface area contributed by atoms with Crippen molar-refractivity contribution >= 4 is 11.9 Å². The number of aliphatic hydroxyl groups is 1. The van der Waals surface area contributed by atoms with Gasteiger partial charge in [-0.2, -0.15) is 0 Å². The number of rotatable bonds is 5. The van der Waals surface area contributed by atoms with E-state index in [1.807, 2.05) is 0 Å². The van der Waals surface area contributed by atoms with Crippen LogP contribution in [-0.2, 0) is 16.0 Å². The summed E-state index contributed by atoms with van der Waals surface area (Å²) in [5.74, 6) is -0.519. The Bertz CT molecular complexity index is 626. The molecule has 0 radical (unpaired) electrons. The van der Waals surface area contributed by atoms with Gasteiger partial charge in [-0.1, -0.05) is 6.07 Å². The monoisotopic (exact) mass is 351 g/mol. The van der Waals surface area contributed by atoms with Gasteiger partial charge in [0, 0.05) is 6.42 Å². The van der Waals surface area contributed by atoms with E-state index >= 15 is 0 Å². The Balaban J connectivity index is 3.17. The number of likely N-dealkylation sites (N-methyl/N-ethyl adjacent to an activating group) is 1. The number of aliphatic hydroxyl groups excluding tert-OH is 1. The molecule has 0 unspecified atom stereocenters. The third-order valence-corrected chi connectivity index (χ3v) is 3.40. The second kappa shape index (κ2) is 7.97. The van der Waals surface area contributed by atoms with Crippen LogP contribution in [-0.4, -0.2) is 30.3 Å². The molecule has 6 heteroatoms. The van der Waals surface area contributed by atoms with Crippen molar-refractivity contribution in [2.24, 2.45) is 10.8 Å². The second-order valence-electron chi connectivity index (χ2n) is 8.07. The highest BCUT2D eigenvalue weighted by Gasteiger charge is 2.28. The van der Waals surface area contributed by atoms with E-state index in [2.05, 4.69) is 5.32 Å². The summed E-state index contributed by atoms with van der Waals surface area (Å²) in [6.07, 6.45) is -0.404. The summed E-state index contributed by atoms with van der Waals surface area (Å²) in [4.78, 5) is 24.4. The number of esters is 2. The molecular weight excluding hydrogens is 322 g/mol. The van der Waals surface area contributed by atoms with E-state index in [1.54, 1.807) is 66.8 Å². The first kappa shape index (κ1) is 21.1. The molecule has 6 nitrogen and oxygen atoms in total. The molecule has 1 atom stereocenters. The van der Waals surface area contributed by atoms with E-state index in [1.165, 1.54) is 0 Å². The SMILES string of the molecule is CN[C@@H](O)Cc1ccc(OC(=O)C(C)(C)C)c(OC(=O)C(C)(C)C)c1. The Kier molecular flexibility index (Phi) is 6.74. The molecule has 0 saturated heterocycles. The largest absolute Gasteiger partial charge is 0.422 e. The summed E-state index contributed by atoms with van der Waals surface area (Å²) in [5, 5.41) is 12.5. The average molecular weight is 351 g/mol. The molecule has 1 aromatic carbocycles. The summed E-state index contributed by atoms with van der Waals surface area (Å²) in [6.45, 7) is 10.5. The van der Waals surface area contributed by atoms with Gasteiger partial charge in [-0.05, 0) is 66.3 Å². The van der Waals surface area contributed by atoms with Crippen LogP contribution < -0.4 is 14.8 Å². The van der Waals surface area contributed by atoms with E-state index in [9.17, 15) is 14.7 Å². The zero-order valence-electron chi connectivity index (χ0n) is 16.1. The average Bonchev–Trinajstić information content (AvgIpc) is 2.47. The van der Waals surface area contributed by atoms with Crippen LogP contribution in [0.15, 0.2) is 18.2 Å². The Morgan fingerprint density at radius 1 is 1.00 bits per heavy atom. The smallest absolute Gasteiger partial charge is 0.316 e. The number of hydrogen-bond acceptors (Lipinski definition) is 6. The first-order chi connectivity index (χ1) is 11.3. The molecule has 0 bridgehead atoms. The number of carbonyl (C=O) groups is 2. The summed E-state index contributed by atoms with van der Waals surface area (Å²) in [6, 6.07) is 4.91. The molecule has 0 aliphatic heterocycles. The molecule has 0 amide bonds. The topological polar surface area (TPSA) is 84.9 Å². The molecule has 1 aromatic rings. The molecule has 0 aliphatic rings. The lowest BCUT2D eigenvalue weighted by Gasteiger charge is -2.21. The Hall–Kier alpha value is -1.92. The van der Waals surface area contributed by atoms with Crippen LogP contribution in [0.4, 0.5) is 0 Å². The maximum Gasteiger partial charge on any atom is 0.316 e. The lowest BCUT2D eigenvalue weighted by molar-refractivity contribution is -0.145. The molecule has 0 aromatic heterocycles. The van der Waals surface area contributed by atoms with Crippen LogP contribution in [0.3, 0.4) is 0 Å². The van der Waals surface area contributed by atoms with Gasteiger partial charge in [0.25, 0.3) is 0 Å². The Morgan fingerprint density at radius 2 is 1.48 bits per heavy atom. The maximum absolute atomic E-state index is 12.2. The minimum absolute atomic E-state index is 0.165. The van der Waals surface area contributed by atoms with Crippen molar-refractivity contribution in [1.82, 2.24) is 5.32 Å². The zero-order chi connectivity index (χ0) is 19.4. The van der Waals surface area contributed by atoms with E-state index in [-0.39, 0.29) is 11.5 Å². The van der Waals surface area contributed by atoms with Crippen LogP contribution in [0, 0.1) is 10.8 Å². The number of carbonyl (C=O) groups excluding carboxylic acids is 2. The third kappa shape index (κ3) is 6.48. The van der Waals surface area contributed by atoms with Crippen LogP contribution >= 0.6 is 0 Å². The van der Waals surface area contributed by atoms with Gasteiger partial charge in [0.15, 0.2) is 11.5 Å². The van der Waals surface area contributed by atoms with Gasteiger partial charge < -0.3 is 14.6 Å². The first-order valence-corrected chi connectivity index (χ1v) is 8.27. The van der Waals surface area contributed by atoms with E-state index in [0.29, 0.717) is 6.42 Å². The fourth-order valence-electron chi connectivity index (χ4n) is 1.67. The molecule has 0 spiro atoms. The number of nitrogens with one attached hydrogen (secondary N) is 1. The summed E-state index contributed by atoms with van der Waals surface area (Å²) < 4.78 is 10.9. The zero-order valence-corrected chi connectivity index (χ0v) is 16.1. The molecular formula is C19H29NO5. The summed E-state index contributed by atoms with van der Waals surface area (Å²) in [5.41, 5.74) is -0.646. The fourth-order valence-corrected chi connectivity index (χ4v) is 1.67. The summed E-state index contributed by atoms with van der Waals surface area (Å²) in [7, 11) is 1.64. The maximum atomic E-state index is 12.2. The summed E-state index contributed by atoms with van der Waals surface area (Å²) >= 11 is 0. The van der Waals surface area contributed by atoms with Crippen molar-refractivity contribution in [1.29, 1.82) is 0 Å². The minimum Gasteiger partial charge on any atom is -0.422 e. The third-order valence-electron chi connectivity index (χ3n) is 3.40. The normalized spacial score (nSPS) is 13.3. The van der Waals surface area contributed by atoms with Crippen molar-refractivity contribution in [3.63, 3.8) is 0 Å². The molecule has 2 N–H and O–H groups in total. The van der Waals surface area contributed by atoms with Crippen molar-refractivity contribution in [2.75, 3.05) is 7.05 Å². The molecule has 1 rings (SSSR count). The van der Waals surface area contributed by atoms with Crippen LogP contribution in [0.5, 0.6) is 11.5 Å². The van der Waals surface area contributed by atoms with Crippen LogP contribution in [0.1, 0.15) is 47.1 Å². The van der Waals surface area contributed by atoms with Crippen molar-refractivity contribution in [3.05, 3.63) is 23.8 Å². The highest BCUT2D eigenvalue weighted by Crippen LogP contribution is 2.32. The molecule has 0 heterocycles. The van der Waals surface area contributed by atoms with E-state index in [4.69, 9.17) is 9.47 Å². The first-order valence-electron chi connectivity index (χ1n) is 8.27. The minimum atomic E-state index is -0.728. The molecule has 0 fully saturated rings. The Labute approximate surface area is 149 Å². The quantitative estimate of drug-likeness (QED) is 0.482. The van der Waals surface area contributed by atoms with E-state index < -0.39 is 29.0 Å². The van der Waals surface area contributed by atoms with E-state index in [0.717, 1.165) is 5.56 Å². The molecule has 0 saturated carbocycles. The van der Waals surface area contributed by atoms with Gasteiger partial charge in [-0.15, -0.1) is 0 Å². The van der Waals surface area contributed by atoms with Gasteiger partial charge >= 0.3 is 11.9 Å². The second-order valence-corrected chi connectivity index (χ2v) is 8.07. The van der Waals surface area contributed by atoms with Crippen molar-refractivity contribution in [2.45, 2.75) is 54.2 Å². The van der Waals surface area contributed by atoms with Gasteiger partial charge in [-0.3, -0.25) is 14.9 Å². The molecule has 25 heavy (non-hydrogen) atoms. The highest BCUT2D eigenvalue weighted by atomic mass is 16.6. The number of benzene rings is 1. The van der Waals surface area contributed by atoms with Gasteiger partial charge in [-0.25, -0.2) is 0 Å². The van der Waals surface area contributed by atoms with Gasteiger partial charge in [0.1, 0.15) is 6.23 Å². The van der Waals surface area contributed by atoms with Crippen molar-refractivity contribution in [3.8, 4) is 11.5 Å². The molecule has 0 aliphatic carbocycles. The number of ether oxygens (including phenoxy) is 2. The highest BCUT2D eigenvalue weighted by molar-refractivity contribution is 5.81.